The largest absolute Gasteiger partial charge is 0.445 e. The van der Waals surface area contributed by atoms with Crippen LogP contribution in [-0.4, -0.2) is 12.7 Å². The molecule has 0 aliphatic rings. The Hall–Kier alpha value is -2.56. The van der Waals surface area contributed by atoms with Gasteiger partial charge < -0.3 is 9.15 Å². The number of hydrogen-bond acceptors (Lipinski definition) is 4. The SMILES string of the molecule is C=CCOC(=O)Nc1ccc2c(C)cc(=O)oc2c1. The second-order valence-electron chi connectivity index (χ2n) is 3.97. The summed E-state index contributed by atoms with van der Waals surface area (Å²) in [6.45, 7) is 5.40. The van der Waals surface area contributed by atoms with Gasteiger partial charge in [0.2, 0.25) is 0 Å². The van der Waals surface area contributed by atoms with Crippen LogP contribution in [0, 0.1) is 6.92 Å². The van der Waals surface area contributed by atoms with Gasteiger partial charge in [-0.3, -0.25) is 5.32 Å². The number of nitrogens with one attached hydrogen (secondary N) is 1. The molecule has 0 spiro atoms. The van der Waals surface area contributed by atoms with Crippen molar-refractivity contribution < 1.29 is 13.9 Å². The molecule has 5 heteroatoms. The average molecular weight is 259 g/mol. The van der Waals surface area contributed by atoms with Crippen molar-refractivity contribution in [3.05, 3.63) is 52.9 Å². The number of carbonyl (C=O) groups excluding carboxylic acids is 1. The molecular weight excluding hydrogens is 246 g/mol. The number of ether oxygens (including phenoxy) is 1. The smallest absolute Gasteiger partial charge is 0.411 e. The van der Waals surface area contributed by atoms with E-state index < -0.39 is 11.7 Å². The van der Waals surface area contributed by atoms with Crippen LogP contribution in [0.4, 0.5) is 10.5 Å². The summed E-state index contributed by atoms with van der Waals surface area (Å²) in [4.78, 5) is 22.7. The lowest BCUT2D eigenvalue weighted by atomic mass is 10.1. The van der Waals surface area contributed by atoms with Crippen molar-refractivity contribution in [3.8, 4) is 0 Å². The van der Waals surface area contributed by atoms with Gasteiger partial charge >= 0.3 is 11.7 Å². The number of fused-ring (bicyclic) bond motifs is 1. The molecule has 0 aliphatic carbocycles. The van der Waals surface area contributed by atoms with Crippen LogP contribution >= 0.6 is 0 Å². The fraction of sp³-hybridized carbons (Fsp3) is 0.143. The molecule has 0 unspecified atom stereocenters. The summed E-state index contributed by atoms with van der Waals surface area (Å²) in [6.07, 6.45) is 0.886. The van der Waals surface area contributed by atoms with E-state index in [1.165, 1.54) is 12.1 Å². The van der Waals surface area contributed by atoms with Gasteiger partial charge in [0.05, 0.1) is 0 Å². The fourth-order valence-electron chi connectivity index (χ4n) is 1.69. The lowest BCUT2D eigenvalue weighted by molar-refractivity contribution is 0.174. The minimum Gasteiger partial charge on any atom is -0.445 e. The van der Waals surface area contributed by atoms with Crippen molar-refractivity contribution >= 4 is 22.7 Å². The molecule has 0 radical (unpaired) electrons. The summed E-state index contributed by atoms with van der Waals surface area (Å²) < 4.78 is 9.88. The Morgan fingerprint density at radius 1 is 1.47 bits per heavy atom. The molecule has 1 amide bonds. The van der Waals surface area contributed by atoms with Gasteiger partial charge in [0.25, 0.3) is 0 Å². The zero-order chi connectivity index (χ0) is 13.8. The Labute approximate surface area is 109 Å². The topological polar surface area (TPSA) is 68.5 Å². The Bertz CT molecular complexity index is 687. The van der Waals surface area contributed by atoms with Crippen LogP contribution in [0.3, 0.4) is 0 Å². The molecule has 2 aromatic rings. The summed E-state index contributed by atoms with van der Waals surface area (Å²) in [5, 5.41) is 3.36. The van der Waals surface area contributed by atoms with E-state index in [0.717, 1.165) is 10.9 Å². The number of rotatable bonds is 3. The molecule has 1 N–H and O–H groups in total. The number of aryl methyl sites for hydroxylation is 1. The van der Waals surface area contributed by atoms with Crippen molar-refractivity contribution in [2.75, 3.05) is 11.9 Å². The monoisotopic (exact) mass is 259 g/mol. The van der Waals surface area contributed by atoms with E-state index in [4.69, 9.17) is 9.15 Å². The van der Waals surface area contributed by atoms with Gasteiger partial charge in [0.1, 0.15) is 12.2 Å². The second kappa shape index (κ2) is 5.39. The lowest BCUT2D eigenvalue weighted by Crippen LogP contribution is -2.13. The molecule has 0 atom stereocenters. The molecule has 1 aromatic heterocycles. The predicted molar refractivity (Wildman–Crippen MR) is 72.4 cm³/mol. The highest BCUT2D eigenvalue weighted by Gasteiger charge is 2.06. The van der Waals surface area contributed by atoms with Crippen molar-refractivity contribution in [3.63, 3.8) is 0 Å². The number of amides is 1. The fourth-order valence-corrected chi connectivity index (χ4v) is 1.69. The van der Waals surface area contributed by atoms with Gasteiger partial charge in [-0.05, 0) is 24.6 Å². The molecule has 2 rings (SSSR count). The van der Waals surface area contributed by atoms with Crippen molar-refractivity contribution in [2.24, 2.45) is 0 Å². The summed E-state index contributed by atoms with van der Waals surface area (Å²) in [6, 6.07) is 6.49. The van der Waals surface area contributed by atoms with Gasteiger partial charge in [-0.2, -0.15) is 0 Å². The van der Waals surface area contributed by atoms with E-state index in [2.05, 4.69) is 11.9 Å². The molecule has 19 heavy (non-hydrogen) atoms. The molecule has 98 valence electrons. The first-order valence-electron chi connectivity index (χ1n) is 5.69. The van der Waals surface area contributed by atoms with Crippen LogP contribution in [0.15, 0.2) is 46.1 Å². The van der Waals surface area contributed by atoms with E-state index in [9.17, 15) is 9.59 Å². The molecule has 0 saturated heterocycles. The maximum absolute atomic E-state index is 11.4. The Balaban J connectivity index is 2.29. The Morgan fingerprint density at radius 2 is 2.26 bits per heavy atom. The maximum atomic E-state index is 11.4. The third kappa shape index (κ3) is 3.01. The van der Waals surface area contributed by atoms with E-state index in [1.54, 1.807) is 18.2 Å². The first-order valence-corrected chi connectivity index (χ1v) is 5.69. The normalized spacial score (nSPS) is 10.2. The average Bonchev–Trinajstić information content (AvgIpc) is 2.35. The number of benzene rings is 1. The van der Waals surface area contributed by atoms with Crippen molar-refractivity contribution in [2.45, 2.75) is 6.92 Å². The summed E-state index contributed by atoms with van der Waals surface area (Å²) in [7, 11) is 0. The summed E-state index contributed by atoms with van der Waals surface area (Å²) in [5.41, 5.74) is 1.32. The molecule has 0 aliphatic heterocycles. The van der Waals surface area contributed by atoms with Crippen molar-refractivity contribution in [1.29, 1.82) is 0 Å². The molecule has 1 aromatic carbocycles. The predicted octanol–water partition coefficient (Wildman–Crippen LogP) is 2.84. The summed E-state index contributed by atoms with van der Waals surface area (Å²) in [5.74, 6) is 0. The first kappa shape index (κ1) is 12.9. The molecule has 0 fully saturated rings. The van der Waals surface area contributed by atoms with E-state index in [-0.39, 0.29) is 6.61 Å². The Morgan fingerprint density at radius 3 is 3.00 bits per heavy atom. The van der Waals surface area contributed by atoms with Crippen LogP contribution in [-0.2, 0) is 4.74 Å². The summed E-state index contributed by atoms with van der Waals surface area (Å²) >= 11 is 0. The van der Waals surface area contributed by atoms with Gasteiger partial charge in [-0.25, -0.2) is 9.59 Å². The van der Waals surface area contributed by atoms with Gasteiger partial charge in [0, 0.05) is 23.2 Å². The van der Waals surface area contributed by atoms with E-state index >= 15 is 0 Å². The standard InChI is InChI=1S/C14H13NO4/c1-3-6-18-14(17)15-10-4-5-11-9(2)7-13(16)19-12(11)8-10/h3-5,7-8H,1,6H2,2H3,(H,15,17). The van der Waals surface area contributed by atoms with Gasteiger partial charge in [0.15, 0.2) is 0 Å². The number of hydrogen-bond donors (Lipinski definition) is 1. The molecule has 0 bridgehead atoms. The van der Waals surface area contributed by atoms with Gasteiger partial charge in [-0.15, -0.1) is 0 Å². The van der Waals surface area contributed by atoms with Crippen molar-refractivity contribution in [1.82, 2.24) is 0 Å². The maximum Gasteiger partial charge on any atom is 0.411 e. The molecule has 5 nitrogen and oxygen atoms in total. The highest BCUT2D eigenvalue weighted by Crippen LogP contribution is 2.20. The minimum absolute atomic E-state index is 0.133. The highest BCUT2D eigenvalue weighted by molar-refractivity contribution is 5.89. The number of anilines is 1. The molecule has 1 heterocycles. The number of carbonyl (C=O) groups is 1. The second-order valence-corrected chi connectivity index (χ2v) is 3.97. The zero-order valence-corrected chi connectivity index (χ0v) is 10.4. The third-order valence-electron chi connectivity index (χ3n) is 2.53. The Kier molecular flexibility index (Phi) is 3.66. The van der Waals surface area contributed by atoms with Crippen LogP contribution in [0.1, 0.15) is 5.56 Å². The first-order chi connectivity index (χ1) is 9.10. The van der Waals surface area contributed by atoms with Gasteiger partial charge in [-0.1, -0.05) is 12.7 Å². The van der Waals surface area contributed by atoms with Crippen LogP contribution in [0.2, 0.25) is 0 Å². The molecular formula is C14H13NO4. The van der Waals surface area contributed by atoms with Crippen LogP contribution < -0.4 is 10.9 Å². The third-order valence-corrected chi connectivity index (χ3v) is 2.53. The van der Waals surface area contributed by atoms with E-state index in [0.29, 0.717) is 11.3 Å². The van der Waals surface area contributed by atoms with E-state index in [1.807, 2.05) is 6.92 Å². The van der Waals surface area contributed by atoms with Crippen LogP contribution in [0.5, 0.6) is 0 Å². The molecule has 0 saturated carbocycles. The lowest BCUT2D eigenvalue weighted by Gasteiger charge is -2.06. The zero-order valence-electron chi connectivity index (χ0n) is 10.4. The minimum atomic E-state index is -0.589. The van der Waals surface area contributed by atoms with Crippen LogP contribution in [0.25, 0.3) is 11.0 Å². The highest BCUT2D eigenvalue weighted by atomic mass is 16.5. The quantitative estimate of drug-likeness (QED) is 0.679.